The fourth-order valence-electron chi connectivity index (χ4n) is 3.29. The number of nitrogens with zero attached hydrogens (tertiary/aromatic N) is 2. The number of H-pyrrole nitrogens is 1. The van der Waals surface area contributed by atoms with Crippen molar-refractivity contribution in [3.63, 3.8) is 0 Å². The summed E-state index contributed by atoms with van der Waals surface area (Å²) < 4.78 is 5.18. The maximum Gasteiger partial charge on any atom is 0.254 e. The number of aromatic amines is 1. The minimum absolute atomic E-state index is 0.0533. The van der Waals surface area contributed by atoms with Crippen molar-refractivity contribution in [3.05, 3.63) is 76.2 Å². The SMILES string of the molecule is COc1ccc(-c2nc3c(c(=O)[nH]2)CCN(C(=O)CSc2ccccc2)C3)cc1. The molecule has 0 unspecified atom stereocenters. The van der Waals surface area contributed by atoms with Gasteiger partial charge in [0.1, 0.15) is 11.6 Å². The van der Waals surface area contributed by atoms with Crippen LogP contribution in [-0.2, 0) is 17.8 Å². The van der Waals surface area contributed by atoms with Crippen molar-refractivity contribution in [2.45, 2.75) is 17.9 Å². The number of hydrogen-bond donors (Lipinski definition) is 1. The Bertz CT molecular complexity index is 1060. The summed E-state index contributed by atoms with van der Waals surface area (Å²) in [5.74, 6) is 1.66. The van der Waals surface area contributed by atoms with Gasteiger partial charge in [-0.1, -0.05) is 18.2 Å². The maximum atomic E-state index is 12.7. The average molecular weight is 407 g/mol. The Balaban J connectivity index is 1.51. The Kier molecular flexibility index (Phi) is 5.67. The van der Waals surface area contributed by atoms with E-state index in [0.29, 0.717) is 42.3 Å². The molecule has 6 nitrogen and oxygen atoms in total. The van der Waals surface area contributed by atoms with Crippen LogP contribution in [0.3, 0.4) is 0 Å². The molecule has 0 atom stereocenters. The standard InChI is InChI=1S/C22H21N3O3S/c1-28-16-9-7-15(8-10-16)21-23-19-13-25(12-11-18(19)22(27)24-21)20(26)14-29-17-5-3-2-4-6-17/h2-10H,11-14H2,1H3,(H,23,24,27). The van der Waals surface area contributed by atoms with Gasteiger partial charge in [0.05, 0.1) is 25.1 Å². The van der Waals surface area contributed by atoms with Crippen LogP contribution in [0, 0.1) is 0 Å². The van der Waals surface area contributed by atoms with E-state index in [-0.39, 0.29) is 11.5 Å². The van der Waals surface area contributed by atoms with Crippen LogP contribution in [0.2, 0.25) is 0 Å². The van der Waals surface area contributed by atoms with Crippen molar-refractivity contribution in [2.24, 2.45) is 0 Å². The van der Waals surface area contributed by atoms with Crippen LogP contribution in [0.4, 0.5) is 0 Å². The van der Waals surface area contributed by atoms with Gasteiger partial charge < -0.3 is 14.6 Å². The molecule has 0 spiro atoms. The van der Waals surface area contributed by atoms with E-state index in [1.54, 1.807) is 12.0 Å². The summed E-state index contributed by atoms with van der Waals surface area (Å²) in [6.07, 6.45) is 0.516. The first-order valence-corrected chi connectivity index (χ1v) is 10.3. The first kappa shape index (κ1) is 19.3. The molecule has 1 N–H and O–H groups in total. The number of amides is 1. The largest absolute Gasteiger partial charge is 0.497 e. The number of methoxy groups -OCH3 is 1. The minimum atomic E-state index is -0.133. The van der Waals surface area contributed by atoms with Crippen molar-refractivity contribution >= 4 is 17.7 Å². The summed E-state index contributed by atoms with van der Waals surface area (Å²) in [7, 11) is 1.61. The van der Waals surface area contributed by atoms with Crippen LogP contribution in [0.1, 0.15) is 11.3 Å². The van der Waals surface area contributed by atoms with Gasteiger partial charge in [0, 0.05) is 22.6 Å². The third kappa shape index (κ3) is 4.35. The van der Waals surface area contributed by atoms with E-state index < -0.39 is 0 Å². The quantitative estimate of drug-likeness (QED) is 0.658. The van der Waals surface area contributed by atoms with E-state index in [4.69, 9.17) is 4.74 Å². The Morgan fingerprint density at radius 3 is 2.66 bits per heavy atom. The summed E-state index contributed by atoms with van der Waals surface area (Å²) in [5, 5.41) is 0. The molecule has 1 aliphatic heterocycles. The van der Waals surface area contributed by atoms with Gasteiger partial charge in [0.25, 0.3) is 5.56 Å². The molecule has 0 fully saturated rings. The molecule has 0 saturated carbocycles. The molecule has 2 heterocycles. The Labute approximate surface area is 172 Å². The molecule has 3 aromatic rings. The number of aromatic nitrogens is 2. The molecular formula is C22H21N3O3S. The van der Waals surface area contributed by atoms with Crippen LogP contribution < -0.4 is 10.3 Å². The lowest BCUT2D eigenvalue weighted by Crippen LogP contribution is -2.40. The molecule has 0 bridgehead atoms. The predicted octanol–water partition coefficient (Wildman–Crippen LogP) is 3.12. The highest BCUT2D eigenvalue weighted by Gasteiger charge is 2.24. The van der Waals surface area contributed by atoms with E-state index >= 15 is 0 Å². The lowest BCUT2D eigenvalue weighted by atomic mass is 10.1. The second-order valence-electron chi connectivity index (χ2n) is 6.74. The molecule has 29 heavy (non-hydrogen) atoms. The van der Waals surface area contributed by atoms with Crippen molar-refractivity contribution in [2.75, 3.05) is 19.4 Å². The Morgan fingerprint density at radius 2 is 1.93 bits per heavy atom. The molecule has 7 heteroatoms. The van der Waals surface area contributed by atoms with E-state index in [2.05, 4.69) is 9.97 Å². The van der Waals surface area contributed by atoms with Crippen molar-refractivity contribution < 1.29 is 9.53 Å². The second kappa shape index (κ2) is 8.53. The zero-order chi connectivity index (χ0) is 20.2. The number of benzene rings is 2. The molecule has 0 radical (unpaired) electrons. The van der Waals surface area contributed by atoms with Gasteiger partial charge in [-0.05, 0) is 42.8 Å². The summed E-state index contributed by atoms with van der Waals surface area (Å²) in [5.41, 5.74) is 2.01. The highest BCUT2D eigenvalue weighted by molar-refractivity contribution is 8.00. The molecule has 1 aliphatic rings. The lowest BCUT2D eigenvalue weighted by Gasteiger charge is -2.28. The third-order valence-corrected chi connectivity index (χ3v) is 5.89. The van der Waals surface area contributed by atoms with Gasteiger partial charge >= 0.3 is 0 Å². The zero-order valence-electron chi connectivity index (χ0n) is 16.1. The number of hydrogen-bond acceptors (Lipinski definition) is 5. The molecular weight excluding hydrogens is 386 g/mol. The van der Waals surface area contributed by atoms with Crippen LogP contribution in [-0.4, -0.2) is 40.2 Å². The van der Waals surface area contributed by atoms with Gasteiger partial charge in [-0.3, -0.25) is 9.59 Å². The number of fused-ring (bicyclic) bond motifs is 1. The average Bonchev–Trinajstić information content (AvgIpc) is 2.77. The first-order valence-electron chi connectivity index (χ1n) is 9.36. The Morgan fingerprint density at radius 1 is 1.17 bits per heavy atom. The van der Waals surface area contributed by atoms with E-state index in [0.717, 1.165) is 16.2 Å². The van der Waals surface area contributed by atoms with Gasteiger partial charge in [-0.15, -0.1) is 11.8 Å². The topological polar surface area (TPSA) is 75.3 Å². The number of nitrogens with one attached hydrogen (secondary N) is 1. The van der Waals surface area contributed by atoms with Gasteiger partial charge in [0.2, 0.25) is 5.91 Å². The smallest absolute Gasteiger partial charge is 0.254 e. The number of ether oxygens (including phenoxy) is 1. The normalized spacial score (nSPS) is 13.1. The summed E-state index contributed by atoms with van der Waals surface area (Å²) in [4.78, 5) is 35.6. The summed E-state index contributed by atoms with van der Waals surface area (Å²) in [6.45, 7) is 0.893. The van der Waals surface area contributed by atoms with Crippen molar-refractivity contribution in [1.82, 2.24) is 14.9 Å². The highest BCUT2D eigenvalue weighted by atomic mass is 32.2. The molecule has 2 aromatic carbocycles. The molecule has 148 valence electrons. The third-order valence-electron chi connectivity index (χ3n) is 4.90. The second-order valence-corrected chi connectivity index (χ2v) is 7.78. The number of carbonyl (C=O) groups is 1. The van der Waals surface area contributed by atoms with Crippen LogP contribution in [0.15, 0.2) is 64.3 Å². The maximum absolute atomic E-state index is 12.7. The van der Waals surface area contributed by atoms with Crippen LogP contribution in [0.25, 0.3) is 11.4 Å². The monoisotopic (exact) mass is 407 g/mol. The zero-order valence-corrected chi connectivity index (χ0v) is 16.9. The molecule has 0 aliphatic carbocycles. The van der Waals surface area contributed by atoms with Gasteiger partial charge in [-0.25, -0.2) is 4.98 Å². The van der Waals surface area contributed by atoms with Gasteiger partial charge in [-0.2, -0.15) is 0 Å². The molecule has 0 saturated heterocycles. The highest BCUT2D eigenvalue weighted by Crippen LogP contribution is 2.23. The summed E-state index contributed by atoms with van der Waals surface area (Å²) in [6, 6.07) is 17.2. The van der Waals surface area contributed by atoms with Crippen LogP contribution >= 0.6 is 11.8 Å². The van der Waals surface area contributed by atoms with E-state index in [1.165, 1.54) is 11.8 Å². The first-order chi connectivity index (χ1) is 14.1. The van der Waals surface area contributed by atoms with E-state index in [9.17, 15) is 9.59 Å². The predicted molar refractivity (Wildman–Crippen MR) is 113 cm³/mol. The van der Waals surface area contributed by atoms with Gasteiger partial charge in [0.15, 0.2) is 0 Å². The van der Waals surface area contributed by atoms with E-state index in [1.807, 2.05) is 54.6 Å². The van der Waals surface area contributed by atoms with Crippen molar-refractivity contribution in [1.29, 1.82) is 0 Å². The van der Waals surface area contributed by atoms with Crippen LogP contribution in [0.5, 0.6) is 5.75 Å². The number of carbonyl (C=O) groups excluding carboxylic acids is 1. The molecule has 1 aromatic heterocycles. The number of rotatable bonds is 5. The molecule has 4 rings (SSSR count). The fourth-order valence-corrected chi connectivity index (χ4v) is 4.11. The minimum Gasteiger partial charge on any atom is -0.497 e. The Hall–Kier alpha value is -3.06. The molecule has 1 amide bonds. The van der Waals surface area contributed by atoms with Crippen molar-refractivity contribution in [3.8, 4) is 17.1 Å². The fraction of sp³-hybridized carbons (Fsp3) is 0.227. The summed E-state index contributed by atoms with van der Waals surface area (Å²) >= 11 is 1.52. The number of thioether (sulfide) groups is 1. The lowest BCUT2D eigenvalue weighted by molar-refractivity contribution is -0.129.